The molecule has 1 aromatic heterocycles. The van der Waals surface area contributed by atoms with Crippen LogP contribution in [0.4, 0.5) is 4.79 Å². The number of carbonyl (C=O) groups is 4. The van der Waals surface area contributed by atoms with Crippen LogP contribution in [0.1, 0.15) is 37.6 Å². The Bertz CT molecular complexity index is 716. The minimum atomic E-state index is -1.00. The molecule has 0 aliphatic carbocycles. The van der Waals surface area contributed by atoms with E-state index >= 15 is 0 Å². The molecule has 0 aromatic carbocycles. The second-order valence-corrected chi connectivity index (χ2v) is 7.70. The van der Waals surface area contributed by atoms with Gasteiger partial charge in [0.2, 0.25) is 11.8 Å². The van der Waals surface area contributed by atoms with Gasteiger partial charge in [0.25, 0.3) is 5.91 Å². The lowest BCUT2D eigenvalue weighted by molar-refractivity contribution is -0.134. The Labute approximate surface area is 148 Å². The van der Waals surface area contributed by atoms with Crippen LogP contribution in [0.5, 0.6) is 0 Å². The summed E-state index contributed by atoms with van der Waals surface area (Å²) in [6.45, 7) is 2.85. The van der Waals surface area contributed by atoms with E-state index in [1.54, 1.807) is 13.8 Å². The number of carbonyl (C=O) groups excluding carboxylic acids is 4. The summed E-state index contributed by atoms with van der Waals surface area (Å²) in [4.78, 5) is 50.0. The fourth-order valence-electron chi connectivity index (χ4n) is 3.05. The summed E-state index contributed by atoms with van der Waals surface area (Å²) in [5, 5.41) is 10.2. The molecule has 134 valence electrons. The predicted molar refractivity (Wildman–Crippen MR) is 90.7 cm³/mol. The van der Waals surface area contributed by atoms with Crippen LogP contribution in [-0.4, -0.2) is 46.8 Å². The summed E-state index contributed by atoms with van der Waals surface area (Å²) < 4.78 is 0. The molecule has 2 atom stereocenters. The molecule has 8 nitrogen and oxygen atoms in total. The Morgan fingerprint density at radius 2 is 2.16 bits per heavy atom. The van der Waals surface area contributed by atoms with Crippen molar-refractivity contribution in [3.8, 4) is 0 Å². The number of hydrogen-bond donors (Lipinski definition) is 3. The number of piperidine rings is 1. The molecule has 2 fully saturated rings. The topological polar surface area (TPSA) is 108 Å². The van der Waals surface area contributed by atoms with E-state index in [9.17, 15) is 19.2 Å². The van der Waals surface area contributed by atoms with E-state index in [-0.39, 0.29) is 24.5 Å². The lowest BCUT2D eigenvalue weighted by atomic mass is 9.96. The lowest BCUT2D eigenvalue weighted by Gasteiger charge is -2.32. The molecule has 2 aliphatic rings. The molecule has 0 spiro atoms. The van der Waals surface area contributed by atoms with Crippen molar-refractivity contribution in [2.45, 2.75) is 44.3 Å². The van der Waals surface area contributed by atoms with E-state index < -0.39 is 23.4 Å². The van der Waals surface area contributed by atoms with Gasteiger partial charge in [0.05, 0.1) is 12.1 Å². The van der Waals surface area contributed by atoms with E-state index in [4.69, 9.17) is 0 Å². The molecule has 0 bridgehead atoms. The molecule has 0 radical (unpaired) electrons. The summed E-state index contributed by atoms with van der Waals surface area (Å²) >= 11 is 1.50. The zero-order valence-corrected chi connectivity index (χ0v) is 14.8. The first-order valence-electron chi connectivity index (χ1n) is 8.04. The van der Waals surface area contributed by atoms with E-state index in [1.165, 1.54) is 11.3 Å². The highest BCUT2D eigenvalue weighted by Gasteiger charge is 2.45. The van der Waals surface area contributed by atoms with Gasteiger partial charge in [-0.1, -0.05) is 6.07 Å². The summed E-state index contributed by atoms with van der Waals surface area (Å²) in [5.74, 6) is -0.914. The largest absolute Gasteiger partial charge is 0.349 e. The fraction of sp³-hybridized carbons (Fsp3) is 0.500. The normalized spacial score (nSPS) is 25.5. The number of hydrogen-bond acceptors (Lipinski definition) is 5. The van der Waals surface area contributed by atoms with Gasteiger partial charge in [-0.2, -0.15) is 0 Å². The third-order valence-electron chi connectivity index (χ3n) is 4.34. The smallest absolute Gasteiger partial charge is 0.325 e. The maximum absolute atomic E-state index is 12.4. The van der Waals surface area contributed by atoms with Gasteiger partial charge >= 0.3 is 6.03 Å². The molecule has 0 saturated carbocycles. The molecule has 0 unspecified atom stereocenters. The van der Waals surface area contributed by atoms with E-state index in [1.807, 2.05) is 17.5 Å². The molecule has 9 heteroatoms. The Hall–Kier alpha value is -2.42. The lowest BCUT2D eigenvalue weighted by Crippen LogP contribution is -2.52. The molecule has 3 N–H and O–H groups in total. The molecule has 25 heavy (non-hydrogen) atoms. The standard InChI is InChI=1S/C16H20N4O4S/c1-16(2)14(23)20(15(24)19-16)8-12(22)17-9-5-6-11(21)18-13(9)10-4-3-7-25-10/h3-4,7,9,13H,5-6,8H2,1-2H3,(H,17,22)(H,18,21)(H,19,24)/t9-,13-/m1/s1. The van der Waals surface area contributed by atoms with Crippen molar-refractivity contribution in [3.05, 3.63) is 22.4 Å². The van der Waals surface area contributed by atoms with Crippen LogP contribution in [-0.2, 0) is 14.4 Å². The second kappa shape index (κ2) is 6.47. The third kappa shape index (κ3) is 3.51. The fourth-order valence-corrected chi connectivity index (χ4v) is 3.89. The van der Waals surface area contributed by atoms with E-state index in [0.29, 0.717) is 12.8 Å². The molecular formula is C16H20N4O4S. The number of rotatable bonds is 4. The van der Waals surface area contributed by atoms with Gasteiger partial charge in [0, 0.05) is 11.3 Å². The zero-order chi connectivity index (χ0) is 18.2. The molecule has 5 amide bonds. The average Bonchev–Trinajstić information content (AvgIpc) is 3.12. The van der Waals surface area contributed by atoms with Crippen LogP contribution in [0.3, 0.4) is 0 Å². The second-order valence-electron chi connectivity index (χ2n) is 6.72. The van der Waals surface area contributed by atoms with Crippen LogP contribution in [0.15, 0.2) is 17.5 Å². The molecule has 2 aliphatic heterocycles. The monoisotopic (exact) mass is 364 g/mol. The highest BCUT2D eigenvalue weighted by Crippen LogP contribution is 2.27. The first kappa shape index (κ1) is 17.4. The summed E-state index contributed by atoms with van der Waals surface area (Å²) in [6.07, 6.45) is 0.828. The van der Waals surface area contributed by atoms with E-state index in [0.717, 1.165) is 9.78 Å². The molecular weight excluding hydrogens is 344 g/mol. The van der Waals surface area contributed by atoms with Crippen molar-refractivity contribution in [1.29, 1.82) is 0 Å². The minimum Gasteiger partial charge on any atom is -0.349 e. The summed E-state index contributed by atoms with van der Waals surface area (Å²) in [5.41, 5.74) is -1.00. The minimum absolute atomic E-state index is 0.0558. The van der Waals surface area contributed by atoms with Gasteiger partial charge < -0.3 is 16.0 Å². The first-order valence-corrected chi connectivity index (χ1v) is 8.92. The van der Waals surface area contributed by atoms with Crippen LogP contribution >= 0.6 is 11.3 Å². The maximum Gasteiger partial charge on any atom is 0.325 e. The van der Waals surface area contributed by atoms with Gasteiger partial charge in [0.1, 0.15) is 12.1 Å². The predicted octanol–water partition coefficient (Wildman–Crippen LogP) is 0.514. The molecule has 3 heterocycles. The Morgan fingerprint density at radius 1 is 1.40 bits per heavy atom. The average molecular weight is 364 g/mol. The Morgan fingerprint density at radius 3 is 2.76 bits per heavy atom. The van der Waals surface area contributed by atoms with Crippen molar-refractivity contribution in [2.75, 3.05) is 6.54 Å². The van der Waals surface area contributed by atoms with Gasteiger partial charge in [-0.15, -0.1) is 11.3 Å². The highest BCUT2D eigenvalue weighted by molar-refractivity contribution is 7.10. The first-order chi connectivity index (χ1) is 11.8. The Balaban J connectivity index is 1.66. The third-order valence-corrected chi connectivity index (χ3v) is 5.30. The molecule has 2 saturated heterocycles. The number of nitrogens with one attached hydrogen (secondary N) is 3. The van der Waals surface area contributed by atoms with Gasteiger partial charge in [-0.05, 0) is 31.7 Å². The zero-order valence-electron chi connectivity index (χ0n) is 14.0. The van der Waals surface area contributed by atoms with Crippen LogP contribution < -0.4 is 16.0 Å². The summed E-state index contributed by atoms with van der Waals surface area (Å²) in [6, 6.07) is 2.63. The molecule has 3 rings (SSSR count). The number of imide groups is 1. The number of amides is 5. The maximum atomic E-state index is 12.4. The number of thiophene rings is 1. The quantitative estimate of drug-likeness (QED) is 0.677. The SMILES string of the molecule is CC1(C)NC(=O)N(CC(=O)N[C@@H]2CCC(=O)N[C@H]2c2cccs2)C1=O. The van der Waals surface area contributed by atoms with Crippen molar-refractivity contribution in [2.24, 2.45) is 0 Å². The summed E-state index contributed by atoms with van der Waals surface area (Å²) in [7, 11) is 0. The van der Waals surface area contributed by atoms with Crippen molar-refractivity contribution in [1.82, 2.24) is 20.9 Å². The van der Waals surface area contributed by atoms with Crippen molar-refractivity contribution >= 4 is 35.1 Å². The van der Waals surface area contributed by atoms with Gasteiger partial charge in [-0.3, -0.25) is 19.3 Å². The van der Waals surface area contributed by atoms with Crippen LogP contribution in [0.25, 0.3) is 0 Å². The number of nitrogens with zero attached hydrogens (tertiary/aromatic N) is 1. The van der Waals surface area contributed by atoms with Crippen molar-refractivity contribution in [3.63, 3.8) is 0 Å². The van der Waals surface area contributed by atoms with E-state index in [2.05, 4.69) is 16.0 Å². The number of urea groups is 1. The molecule has 1 aromatic rings. The van der Waals surface area contributed by atoms with Crippen molar-refractivity contribution < 1.29 is 19.2 Å². The van der Waals surface area contributed by atoms with Gasteiger partial charge in [0.15, 0.2) is 0 Å². The van der Waals surface area contributed by atoms with Gasteiger partial charge in [-0.25, -0.2) is 4.79 Å². The Kier molecular flexibility index (Phi) is 4.51. The van der Waals surface area contributed by atoms with Crippen LogP contribution in [0, 0.1) is 0 Å². The highest BCUT2D eigenvalue weighted by atomic mass is 32.1. The van der Waals surface area contributed by atoms with Crippen LogP contribution in [0.2, 0.25) is 0 Å².